The van der Waals surface area contributed by atoms with E-state index in [0.29, 0.717) is 15.8 Å². The highest BCUT2D eigenvalue weighted by Crippen LogP contribution is 2.28. The second-order valence-electron chi connectivity index (χ2n) is 4.71. The van der Waals surface area contributed by atoms with Crippen LogP contribution in [0.1, 0.15) is 6.92 Å². The van der Waals surface area contributed by atoms with Gasteiger partial charge < -0.3 is 19.8 Å². The number of halogens is 2. The molecule has 0 saturated carbocycles. The molecule has 0 radical (unpaired) electrons. The van der Waals surface area contributed by atoms with Crippen molar-refractivity contribution in [2.45, 2.75) is 25.2 Å². The van der Waals surface area contributed by atoms with Crippen LogP contribution in [0.4, 0.5) is 0 Å². The van der Waals surface area contributed by atoms with Crippen molar-refractivity contribution in [1.82, 2.24) is 4.90 Å². The lowest BCUT2D eigenvalue weighted by Gasteiger charge is -2.21. The summed E-state index contributed by atoms with van der Waals surface area (Å²) in [6.07, 6.45) is -2.60. The minimum atomic E-state index is -0.912. The Bertz CT molecular complexity index is 501. The van der Waals surface area contributed by atoms with Crippen molar-refractivity contribution < 1.29 is 19.7 Å². The maximum atomic E-state index is 12.1. The quantitative estimate of drug-likeness (QED) is 0.881. The number of carbonyl (C=O) groups is 1. The number of β-amino-alcohol motifs (C(OH)–C–C–N with tert-alkyl or cyclic N) is 2. The third-order valence-corrected chi connectivity index (χ3v) is 3.65. The number of likely N-dealkylation sites (tertiary alicyclic amines) is 1. The fourth-order valence-electron chi connectivity index (χ4n) is 2.02. The number of rotatable bonds is 3. The SMILES string of the molecule is CC(Oc1ccc(Cl)cc1Cl)C(=O)N1CC(O)C(O)C1. The molecule has 1 aromatic carbocycles. The fourth-order valence-corrected chi connectivity index (χ4v) is 2.47. The third kappa shape index (κ3) is 3.35. The minimum Gasteiger partial charge on any atom is -0.479 e. The number of nitrogens with zero attached hydrogens (tertiary/aromatic N) is 1. The van der Waals surface area contributed by atoms with Gasteiger partial charge in [0.25, 0.3) is 5.91 Å². The van der Waals surface area contributed by atoms with E-state index in [1.165, 1.54) is 11.0 Å². The van der Waals surface area contributed by atoms with Gasteiger partial charge >= 0.3 is 0 Å². The number of hydrogen-bond acceptors (Lipinski definition) is 4. The van der Waals surface area contributed by atoms with E-state index in [4.69, 9.17) is 27.9 Å². The first-order valence-corrected chi connectivity index (χ1v) is 6.90. The lowest BCUT2D eigenvalue weighted by atomic mass is 10.3. The first-order valence-electron chi connectivity index (χ1n) is 6.15. The number of benzene rings is 1. The number of ether oxygens (including phenoxy) is 1. The molecule has 0 spiro atoms. The average molecular weight is 320 g/mol. The standard InChI is InChI=1S/C13H15Cl2NO4/c1-7(13(19)16-5-10(17)11(18)6-16)20-12-3-2-8(14)4-9(12)15/h2-4,7,10-11,17-18H,5-6H2,1H3. The summed E-state index contributed by atoms with van der Waals surface area (Å²) in [4.78, 5) is 13.5. The predicted molar refractivity (Wildman–Crippen MR) is 75.1 cm³/mol. The van der Waals surface area contributed by atoms with Crippen molar-refractivity contribution in [2.24, 2.45) is 0 Å². The van der Waals surface area contributed by atoms with E-state index in [1.54, 1.807) is 19.1 Å². The molecule has 0 aliphatic carbocycles. The highest BCUT2D eigenvalue weighted by molar-refractivity contribution is 6.35. The average Bonchev–Trinajstić information content (AvgIpc) is 2.72. The van der Waals surface area contributed by atoms with E-state index < -0.39 is 18.3 Å². The Hall–Kier alpha value is -1.01. The molecule has 5 nitrogen and oxygen atoms in total. The smallest absolute Gasteiger partial charge is 0.263 e. The van der Waals surface area contributed by atoms with Crippen molar-refractivity contribution in [3.63, 3.8) is 0 Å². The summed E-state index contributed by atoms with van der Waals surface area (Å²) in [5.74, 6) is 0.0452. The molecule has 3 atom stereocenters. The Morgan fingerprint density at radius 2 is 1.95 bits per heavy atom. The Morgan fingerprint density at radius 3 is 2.50 bits per heavy atom. The Balaban J connectivity index is 2.01. The van der Waals surface area contributed by atoms with Crippen molar-refractivity contribution in [3.8, 4) is 5.75 Å². The molecule has 0 bridgehead atoms. The first kappa shape index (κ1) is 15.4. The van der Waals surface area contributed by atoms with Gasteiger partial charge in [-0.3, -0.25) is 4.79 Å². The van der Waals surface area contributed by atoms with Crippen molar-refractivity contribution in [3.05, 3.63) is 28.2 Å². The largest absolute Gasteiger partial charge is 0.479 e. The van der Waals surface area contributed by atoms with Crippen molar-refractivity contribution in [2.75, 3.05) is 13.1 Å². The van der Waals surface area contributed by atoms with Gasteiger partial charge in [0.1, 0.15) is 5.75 Å². The van der Waals surface area contributed by atoms with E-state index >= 15 is 0 Å². The fraction of sp³-hybridized carbons (Fsp3) is 0.462. The van der Waals surface area contributed by atoms with E-state index in [0.717, 1.165) is 0 Å². The van der Waals surface area contributed by atoms with Gasteiger partial charge in [-0.2, -0.15) is 0 Å². The molecule has 1 amide bonds. The third-order valence-electron chi connectivity index (χ3n) is 3.12. The van der Waals surface area contributed by atoms with E-state index in [9.17, 15) is 15.0 Å². The molecule has 1 aromatic rings. The van der Waals surface area contributed by atoms with Crippen LogP contribution in [0.2, 0.25) is 10.0 Å². The van der Waals surface area contributed by atoms with Crippen LogP contribution < -0.4 is 4.74 Å². The van der Waals surface area contributed by atoms with Crippen LogP contribution >= 0.6 is 23.2 Å². The first-order chi connectivity index (χ1) is 9.38. The normalized spacial score (nSPS) is 23.8. The van der Waals surface area contributed by atoms with Gasteiger partial charge in [-0.05, 0) is 25.1 Å². The lowest BCUT2D eigenvalue weighted by molar-refractivity contribution is -0.137. The maximum Gasteiger partial charge on any atom is 0.263 e. The molecule has 2 rings (SSSR count). The van der Waals surface area contributed by atoms with Gasteiger partial charge in [-0.1, -0.05) is 23.2 Å². The topological polar surface area (TPSA) is 70.0 Å². The van der Waals surface area contributed by atoms with Gasteiger partial charge in [0.05, 0.1) is 17.2 Å². The summed E-state index contributed by atoms with van der Waals surface area (Å²) in [5, 5.41) is 19.7. The highest BCUT2D eigenvalue weighted by atomic mass is 35.5. The van der Waals surface area contributed by atoms with Gasteiger partial charge in [-0.25, -0.2) is 0 Å². The van der Waals surface area contributed by atoms with Crippen LogP contribution in [-0.2, 0) is 4.79 Å². The maximum absolute atomic E-state index is 12.1. The van der Waals surface area contributed by atoms with Crippen LogP contribution in [0.15, 0.2) is 18.2 Å². The molecular formula is C13H15Cl2NO4. The number of aliphatic hydroxyl groups excluding tert-OH is 2. The highest BCUT2D eigenvalue weighted by Gasteiger charge is 2.35. The summed E-state index contributed by atoms with van der Waals surface area (Å²) in [6, 6.07) is 4.73. The molecule has 110 valence electrons. The van der Waals surface area contributed by atoms with Gasteiger partial charge in [0.15, 0.2) is 6.10 Å². The number of amides is 1. The second-order valence-corrected chi connectivity index (χ2v) is 5.56. The molecule has 7 heteroatoms. The summed E-state index contributed by atoms with van der Waals surface area (Å²) in [7, 11) is 0. The number of carbonyl (C=O) groups excluding carboxylic acids is 1. The van der Waals surface area contributed by atoms with E-state index in [-0.39, 0.29) is 19.0 Å². The van der Waals surface area contributed by atoms with Gasteiger partial charge in [-0.15, -0.1) is 0 Å². The molecule has 1 aliphatic rings. The Labute approximate surface area is 126 Å². The Kier molecular flexibility index (Phi) is 4.75. The molecule has 1 aliphatic heterocycles. The van der Waals surface area contributed by atoms with E-state index in [1.807, 2.05) is 0 Å². The molecule has 1 saturated heterocycles. The van der Waals surface area contributed by atoms with Gasteiger partial charge in [0, 0.05) is 18.1 Å². The summed E-state index contributed by atoms with van der Waals surface area (Å²) in [6.45, 7) is 1.79. The molecule has 1 fully saturated rings. The Morgan fingerprint density at radius 1 is 1.35 bits per heavy atom. The molecular weight excluding hydrogens is 305 g/mol. The van der Waals surface area contributed by atoms with Crippen LogP contribution in [0.3, 0.4) is 0 Å². The molecule has 3 unspecified atom stereocenters. The minimum absolute atomic E-state index is 0.0993. The monoisotopic (exact) mass is 319 g/mol. The lowest BCUT2D eigenvalue weighted by Crippen LogP contribution is -2.39. The van der Waals surface area contributed by atoms with E-state index in [2.05, 4.69) is 0 Å². The summed E-state index contributed by atoms with van der Waals surface area (Å²) >= 11 is 11.8. The van der Waals surface area contributed by atoms with Crippen LogP contribution in [-0.4, -0.2) is 52.4 Å². The molecule has 2 N–H and O–H groups in total. The summed E-state index contributed by atoms with van der Waals surface area (Å²) < 4.78 is 5.50. The second kappa shape index (κ2) is 6.18. The zero-order valence-electron chi connectivity index (χ0n) is 10.8. The predicted octanol–water partition coefficient (Wildman–Crippen LogP) is 1.32. The molecule has 1 heterocycles. The summed E-state index contributed by atoms with van der Waals surface area (Å²) in [5.41, 5.74) is 0. The number of aliphatic hydroxyl groups is 2. The number of hydrogen-bond donors (Lipinski definition) is 2. The zero-order chi connectivity index (χ0) is 14.9. The van der Waals surface area contributed by atoms with Crippen molar-refractivity contribution >= 4 is 29.1 Å². The zero-order valence-corrected chi connectivity index (χ0v) is 12.3. The van der Waals surface area contributed by atoms with Crippen molar-refractivity contribution in [1.29, 1.82) is 0 Å². The van der Waals surface area contributed by atoms with Gasteiger partial charge in [0.2, 0.25) is 0 Å². The van der Waals surface area contributed by atoms with Crippen LogP contribution in [0.25, 0.3) is 0 Å². The van der Waals surface area contributed by atoms with Crippen LogP contribution in [0.5, 0.6) is 5.75 Å². The molecule has 0 aromatic heterocycles. The van der Waals surface area contributed by atoms with Crippen LogP contribution in [0, 0.1) is 0 Å². The molecule has 20 heavy (non-hydrogen) atoms.